The third-order valence-corrected chi connectivity index (χ3v) is 7.07. The number of fused-ring (bicyclic) bond motifs is 1. The maximum Gasteiger partial charge on any atom is 0.267 e. The Kier molecular flexibility index (Phi) is 8.40. The second-order valence-electron chi connectivity index (χ2n) is 7.99. The maximum absolute atomic E-state index is 13.5. The predicted molar refractivity (Wildman–Crippen MR) is 145 cm³/mol. The first kappa shape index (κ1) is 25.9. The lowest BCUT2D eigenvalue weighted by molar-refractivity contribution is -0.122. The van der Waals surface area contributed by atoms with Gasteiger partial charge in [0.1, 0.15) is 16.6 Å². The topological polar surface area (TPSA) is 88.2 Å². The molecule has 0 spiro atoms. The van der Waals surface area contributed by atoms with Gasteiger partial charge in [-0.1, -0.05) is 42.2 Å². The lowest BCUT2D eigenvalue weighted by Gasteiger charge is -2.17. The Hall–Kier alpha value is -3.21. The average Bonchev–Trinajstić information content (AvgIpc) is 3.30. The van der Waals surface area contributed by atoms with E-state index in [1.165, 1.54) is 9.80 Å². The van der Waals surface area contributed by atoms with E-state index in [1.54, 1.807) is 48.5 Å². The normalized spacial score (nSPS) is 17.1. The van der Waals surface area contributed by atoms with E-state index in [2.05, 4.69) is 5.32 Å². The van der Waals surface area contributed by atoms with Gasteiger partial charge in [-0.2, -0.15) is 0 Å². The highest BCUT2D eigenvalue weighted by Gasteiger charge is 2.42. The number of thioether (sulfide) groups is 1. The Labute approximate surface area is 219 Å². The average molecular weight is 526 g/mol. The summed E-state index contributed by atoms with van der Waals surface area (Å²) in [7, 11) is 0. The molecule has 2 heterocycles. The molecule has 2 aliphatic heterocycles. The molecule has 2 aromatic rings. The number of benzene rings is 2. The largest absolute Gasteiger partial charge is 0.494 e. The highest BCUT2D eigenvalue weighted by Crippen LogP contribution is 2.44. The van der Waals surface area contributed by atoms with Crippen LogP contribution in [-0.2, 0) is 19.1 Å². The number of amides is 3. The Morgan fingerprint density at radius 1 is 1.00 bits per heavy atom. The van der Waals surface area contributed by atoms with Gasteiger partial charge < -0.3 is 14.8 Å². The number of hydrogen-bond acceptors (Lipinski definition) is 7. The zero-order valence-electron chi connectivity index (χ0n) is 20.1. The van der Waals surface area contributed by atoms with E-state index in [9.17, 15) is 14.4 Å². The van der Waals surface area contributed by atoms with Gasteiger partial charge in [-0.05, 0) is 50.6 Å². The summed E-state index contributed by atoms with van der Waals surface area (Å²) in [6.45, 7) is 5.73. The summed E-state index contributed by atoms with van der Waals surface area (Å²) >= 11 is 6.56. The van der Waals surface area contributed by atoms with E-state index < -0.39 is 5.91 Å². The van der Waals surface area contributed by atoms with Crippen LogP contribution in [0.2, 0.25) is 0 Å². The quantitative estimate of drug-likeness (QED) is 0.284. The van der Waals surface area contributed by atoms with Gasteiger partial charge in [-0.25, -0.2) is 0 Å². The van der Waals surface area contributed by atoms with Gasteiger partial charge in [0.05, 0.1) is 22.8 Å². The fourth-order valence-electron chi connectivity index (χ4n) is 4.01. The second-order valence-corrected chi connectivity index (χ2v) is 9.64. The number of carbonyl (C=O) groups excluding carboxylic acids is 3. The van der Waals surface area contributed by atoms with Gasteiger partial charge in [0.2, 0.25) is 5.91 Å². The summed E-state index contributed by atoms with van der Waals surface area (Å²) in [5.74, 6) is -0.334. The number of hydrogen-bond donors (Lipinski definition) is 1. The van der Waals surface area contributed by atoms with Crippen molar-refractivity contribution in [3.8, 4) is 5.75 Å². The lowest BCUT2D eigenvalue weighted by Crippen LogP contribution is -2.35. The highest BCUT2D eigenvalue weighted by molar-refractivity contribution is 8.26. The van der Waals surface area contributed by atoms with Crippen LogP contribution < -0.4 is 15.0 Å². The van der Waals surface area contributed by atoms with E-state index in [-0.39, 0.29) is 23.9 Å². The molecule has 4 rings (SSSR count). The molecule has 0 bridgehead atoms. The van der Waals surface area contributed by atoms with Crippen molar-refractivity contribution in [2.75, 3.05) is 43.1 Å². The van der Waals surface area contributed by atoms with E-state index in [0.717, 1.165) is 11.8 Å². The molecule has 2 aliphatic rings. The number of rotatable bonds is 10. The van der Waals surface area contributed by atoms with Crippen molar-refractivity contribution in [1.29, 1.82) is 0 Å². The number of thiocarbonyl (C=S) groups is 1. The van der Waals surface area contributed by atoms with Crippen molar-refractivity contribution in [3.63, 3.8) is 0 Å². The van der Waals surface area contributed by atoms with Crippen LogP contribution in [-0.4, -0.2) is 59.9 Å². The SMILES string of the molecule is CCOCCCN1C(=O)C(=C2C(=O)N(CC(=O)Nc3ccc(OCC)cc3)c3ccccc32)SC1=S. The van der Waals surface area contributed by atoms with Crippen LogP contribution in [0.1, 0.15) is 25.8 Å². The molecule has 1 N–H and O–H groups in total. The smallest absolute Gasteiger partial charge is 0.267 e. The molecule has 188 valence electrons. The summed E-state index contributed by atoms with van der Waals surface area (Å²) in [6.07, 6.45) is 0.644. The minimum Gasteiger partial charge on any atom is -0.494 e. The fourth-order valence-corrected chi connectivity index (χ4v) is 5.39. The zero-order valence-corrected chi connectivity index (χ0v) is 21.7. The first-order chi connectivity index (χ1) is 17.4. The molecule has 1 saturated heterocycles. The predicted octanol–water partition coefficient (Wildman–Crippen LogP) is 4.07. The van der Waals surface area contributed by atoms with Crippen LogP contribution in [0.5, 0.6) is 5.75 Å². The van der Waals surface area contributed by atoms with Gasteiger partial charge in [-0.3, -0.25) is 24.2 Å². The molecule has 0 aromatic heterocycles. The van der Waals surface area contributed by atoms with Gasteiger partial charge in [0.25, 0.3) is 11.8 Å². The molecule has 36 heavy (non-hydrogen) atoms. The Morgan fingerprint density at radius 2 is 1.75 bits per heavy atom. The minimum absolute atomic E-state index is 0.193. The first-order valence-electron chi connectivity index (χ1n) is 11.7. The highest BCUT2D eigenvalue weighted by atomic mass is 32.2. The first-order valence-corrected chi connectivity index (χ1v) is 13.0. The Balaban J connectivity index is 1.53. The van der Waals surface area contributed by atoms with Crippen molar-refractivity contribution in [1.82, 2.24) is 4.90 Å². The monoisotopic (exact) mass is 525 g/mol. The molecule has 10 heteroatoms. The molecule has 2 aromatic carbocycles. The van der Waals surface area contributed by atoms with Crippen molar-refractivity contribution in [3.05, 3.63) is 59.0 Å². The summed E-state index contributed by atoms with van der Waals surface area (Å²) in [4.78, 5) is 42.8. The Morgan fingerprint density at radius 3 is 2.47 bits per heavy atom. The van der Waals surface area contributed by atoms with Crippen molar-refractivity contribution >= 4 is 63.0 Å². The molecule has 3 amide bonds. The Bertz CT molecular complexity index is 1210. The lowest BCUT2D eigenvalue weighted by atomic mass is 10.1. The van der Waals surface area contributed by atoms with E-state index in [1.807, 2.05) is 13.8 Å². The van der Waals surface area contributed by atoms with Crippen molar-refractivity contribution in [2.45, 2.75) is 20.3 Å². The number of nitrogens with zero attached hydrogens (tertiary/aromatic N) is 2. The third-order valence-electron chi connectivity index (χ3n) is 5.62. The zero-order chi connectivity index (χ0) is 25.7. The van der Waals surface area contributed by atoms with Crippen LogP contribution in [0, 0.1) is 0 Å². The maximum atomic E-state index is 13.5. The standard InChI is InChI=1S/C26H27N3O5S2/c1-3-33-15-7-14-28-25(32)23(36-26(28)35)22-19-8-5-6-9-20(19)29(24(22)31)16-21(30)27-17-10-12-18(13-11-17)34-4-2/h5-6,8-13H,3-4,7,14-16H2,1-2H3,(H,27,30). The van der Waals surface area contributed by atoms with E-state index >= 15 is 0 Å². The van der Waals surface area contributed by atoms with E-state index in [0.29, 0.717) is 64.7 Å². The number of para-hydroxylation sites is 1. The molecule has 0 atom stereocenters. The molecular weight excluding hydrogens is 498 g/mol. The molecular formula is C26H27N3O5S2. The molecule has 0 aliphatic carbocycles. The molecule has 8 nitrogen and oxygen atoms in total. The third kappa shape index (κ3) is 5.45. The minimum atomic E-state index is -0.395. The van der Waals surface area contributed by atoms with Crippen molar-refractivity contribution < 1.29 is 23.9 Å². The summed E-state index contributed by atoms with van der Waals surface area (Å²) in [5.41, 5.74) is 2.08. The van der Waals surface area contributed by atoms with Gasteiger partial charge >= 0.3 is 0 Å². The van der Waals surface area contributed by atoms with E-state index in [4.69, 9.17) is 21.7 Å². The van der Waals surface area contributed by atoms with Crippen molar-refractivity contribution in [2.24, 2.45) is 0 Å². The fraction of sp³-hybridized carbons (Fsp3) is 0.308. The number of carbonyl (C=O) groups is 3. The van der Waals surface area contributed by atoms with Crippen LogP contribution in [0.15, 0.2) is 53.4 Å². The summed E-state index contributed by atoms with van der Waals surface area (Å²) < 4.78 is 11.2. The van der Waals surface area contributed by atoms with Crippen LogP contribution in [0.25, 0.3) is 5.57 Å². The number of ether oxygens (including phenoxy) is 2. The van der Waals surface area contributed by atoms with Crippen LogP contribution in [0.4, 0.5) is 11.4 Å². The van der Waals surface area contributed by atoms with Gasteiger partial charge in [-0.15, -0.1) is 0 Å². The molecule has 0 saturated carbocycles. The van der Waals surface area contributed by atoms with Gasteiger partial charge in [0, 0.05) is 31.0 Å². The molecule has 0 unspecified atom stereocenters. The summed E-state index contributed by atoms with van der Waals surface area (Å²) in [5, 5.41) is 2.81. The summed E-state index contributed by atoms with van der Waals surface area (Å²) in [6, 6.07) is 14.2. The molecule has 1 fully saturated rings. The second kappa shape index (κ2) is 11.7. The number of anilines is 2. The number of nitrogens with one attached hydrogen (secondary N) is 1. The molecule has 0 radical (unpaired) electrons. The van der Waals surface area contributed by atoms with Crippen LogP contribution >= 0.6 is 24.0 Å². The van der Waals surface area contributed by atoms with Crippen LogP contribution in [0.3, 0.4) is 0 Å². The van der Waals surface area contributed by atoms with Gasteiger partial charge in [0.15, 0.2) is 0 Å².